The first kappa shape index (κ1) is 72.6. The number of hydrogen-bond donors (Lipinski definition) is 3. The summed E-state index contributed by atoms with van der Waals surface area (Å²) in [6.07, 6.45) is 84.2. The van der Waals surface area contributed by atoms with Gasteiger partial charge in [0.2, 0.25) is 5.91 Å². The maximum Gasteiger partial charge on any atom is 0.305 e. The van der Waals surface area contributed by atoms with E-state index in [0.29, 0.717) is 19.4 Å². The lowest BCUT2D eigenvalue weighted by molar-refractivity contribution is -0.143. The SMILES string of the molecule is CCCCCC/C=C\C/C=C\CCCCCCCCCC(=O)OCCCCCCCCCCC/C=C\C/C=C\CCCCCCCCCCCCCC(=O)NC(CO)C(O)/C=C/CCCCCCCCCCCCC. The normalized spacial score (nSPS) is 13.0. The van der Waals surface area contributed by atoms with Crippen LogP contribution >= 0.6 is 0 Å². The highest BCUT2D eigenvalue weighted by atomic mass is 16.5. The van der Waals surface area contributed by atoms with Gasteiger partial charge >= 0.3 is 5.97 Å². The van der Waals surface area contributed by atoms with Crippen molar-refractivity contribution in [1.82, 2.24) is 5.32 Å². The van der Waals surface area contributed by atoms with Crippen LogP contribution in [0.2, 0.25) is 0 Å². The van der Waals surface area contributed by atoms with Crippen LogP contribution in [-0.2, 0) is 14.3 Å². The minimum absolute atomic E-state index is 0.00250. The molecule has 0 aromatic heterocycles. The van der Waals surface area contributed by atoms with Crippen molar-refractivity contribution >= 4 is 11.9 Å². The summed E-state index contributed by atoms with van der Waals surface area (Å²) in [5, 5.41) is 23.1. The van der Waals surface area contributed by atoms with Crippen molar-refractivity contribution in [2.24, 2.45) is 0 Å². The van der Waals surface area contributed by atoms with E-state index >= 15 is 0 Å². The number of esters is 1. The number of amides is 1. The third-order valence-corrected chi connectivity index (χ3v) is 15.0. The summed E-state index contributed by atoms with van der Waals surface area (Å²) in [7, 11) is 0. The molecule has 0 fully saturated rings. The molecule has 0 aromatic carbocycles. The third kappa shape index (κ3) is 60.6. The van der Waals surface area contributed by atoms with Gasteiger partial charge in [-0.1, -0.05) is 293 Å². The summed E-state index contributed by atoms with van der Waals surface area (Å²) in [5.41, 5.74) is 0. The maximum absolute atomic E-state index is 12.5. The lowest BCUT2D eigenvalue weighted by Crippen LogP contribution is -2.45. The first-order valence-corrected chi connectivity index (χ1v) is 33.1. The van der Waals surface area contributed by atoms with Gasteiger partial charge in [-0.15, -0.1) is 0 Å². The van der Waals surface area contributed by atoms with Crippen LogP contribution in [0, 0.1) is 0 Å². The van der Waals surface area contributed by atoms with Crippen molar-refractivity contribution in [3.8, 4) is 0 Å². The Bertz CT molecular complexity index is 1300. The Morgan fingerprint density at radius 1 is 0.373 bits per heavy atom. The van der Waals surface area contributed by atoms with Gasteiger partial charge in [-0.2, -0.15) is 0 Å². The van der Waals surface area contributed by atoms with Crippen molar-refractivity contribution in [3.05, 3.63) is 60.8 Å². The van der Waals surface area contributed by atoms with Crippen LogP contribution in [0.3, 0.4) is 0 Å². The van der Waals surface area contributed by atoms with Gasteiger partial charge in [-0.3, -0.25) is 9.59 Å². The molecule has 6 heteroatoms. The van der Waals surface area contributed by atoms with E-state index in [2.05, 4.69) is 67.8 Å². The average molecular weight is 1050 g/mol. The minimum atomic E-state index is -0.847. The maximum atomic E-state index is 12.5. The zero-order chi connectivity index (χ0) is 54.3. The number of hydrogen-bond acceptors (Lipinski definition) is 5. The molecule has 0 heterocycles. The second kappa shape index (κ2) is 64.1. The summed E-state index contributed by atoms with van der Waals surface area (Å²) in [4.78, 5) is 24.5. The third-order valence-electron chi connectivity index (χ3n) is 15.0. The molecule has 0 spiro atoms. The number of aliphatic hydroxyl groups excluding tert-OH is 2. The summed E-state index contributed by atoms with van der Waals surface area (Å²) in [6.45, 7) is 4.88. The molecule has 2 atom stereocenters. The van der Waals surface area contributed by atoms with E-state index in [9.17, 15) is 19.8 Å². The Labute approximate surface area is 467 Å². The second-order valence-electron chi connectivity index (χ2n) is 22.4. The van der Waals surface area contributed by atoms with E-state index in [1.165, 1.54) is 257 Å². The minimum Gasteiger partial charge on any atom is -0.466 e. The standard InChI is InChI=1S/C69H127NO5/c1-3-5-7-9-11-13-15-17-18-19-32-35-39-43-47-51-55-59-63-69(74)75-64-60-56-52-48-44-40-36-33-30-28-26-24-22-20-21-23-25-27-29-31-34-38-42-46-50-54-58-62-68(73)70-66(65-71)67(72)61-57-53-49-45-41-37-16-14-12-10-8-6-4-2/h13,15,18-21,24,26,57,61,66-67,71-72H,3-12,14,16-17,22-23,25,27-56,58-60,62-65H2,1-2H3,(H,70,73)/b15-13-,19-18-,21-20-,26-24-,61-57+. The van der Waals surface area contributed by atoms with Gasteiger partial charge in [0, 0.05) is 12.8 Å². The molecule has 0 aliphatic carbocycles. The van der Waals surface area contributed by atoms with E-state index in [0.717, 1.165) is 57.8 Å². The first-order valence-electron chi connectivity index (χ1n) is 33.1. The quantitative estimate of drug-likeness (QED) is 0.0320. The second-order valence-corrected chi connectivity index (χ2v) is 22.4. The van der Waals surface area contributed by atoms with Gasteiger partial charge in [-0.25, -0.2) is 0 Å². The van der Waals surface area contributed by atoms with Crippen molar-refractivity contribution in [2.75, 3.05) is 13.2 Å². The van der Waals surface area contributed by atoms with Crippen LogP contribution in [-0.4, -0.2) is 47.4 Å². The molecule has 3 N–H and O–H groups in total. The van der Waals surface area contributed by atoms with Gasteiger partial charge in [0.05, 0.1) is 25.4 Å². The molecule has 2 unspecified atom stereocenters. The molecule has 0 saturated heterocycles. The van der Waals surface area contributed by atoms with Gasteiger partial charge in [0.1, 0.15) is 0 Å². The fourth-order valence-electron chi connectivity index (χ4n) is 9.93. The monoisotopic (exact) mass is 1050 g/mol. The number of nitrogens with one attached hydrogen (secondary N) is 1. The van der Waals surface area contributed by atoms with Crippen LogP contribution in [0.5, 0.6) is 0 Å². The van der Waals surface area contributed by atoms with E-state index in [1.54, 1.807) is 6.08 Å². The zero-order valence-corrected chi connectivity index (χ0v) is 50.0. The number of unbranched alkanes of at least 4 members (excludes halogenated alkanes) is 42. The fraction of sp³-hybridized carbons (Fsp3) is 0.826. The number of aliphatic hydroxyl groups is 2. The number of ether oxygens (including phenoxy) is 1. The molecular weight excluding hydrogens is 923 g/mol. The molecule has 6 nitrogen and oxygen atoms in total. The number of carbonyl (C=O) groups excluding carboxylic acids is 2. The van der Waals surface area contributed by atoms with Crippen molar-refractivity contribution < 1.29 is 24.5 Å². The molecule has 0 bridgehead atoms. The molecule has 0 rings (SSSR count). The van der Waals surface area contributed by atoms with Crippen LogP contribution in [0.25, 0.3) is 0 Å². The van der Waals surface area contributed by atoms with Gasteiger partial charge < -0.3 is 20.3 Å². The van der Waals surface area contributed by atoms with Crippen LogP contribution in [0.4, 0.5) is 0 Å². The molecule has 0 aliphatic heterocycles. The Kier molecular flexibility index (Phi) is 62.0. The van der Waals surface area contributed by atoms with Crippen molar-refractivity contribution in [3.63, 3.8) is 0 Å². The Morgan fingerprint density at radius 2 is 0.667 bits per heavy atom. The highest BCUT2D eigenvalue weighted by Crippen LogP contribution is 2.17. The molecule has 1 amide bonds. The number of allylic oxidation sites excluding steroid dienone is 9. The molecule has 0 saturated carbocycles. The van der Waals surface area contributed by atoms with Gasteiger partial charge in [0.15, 0.2) is 0 Å². The molecule has 0 radical (unpaired) electrons. The van der Waals surface area contributed by atoms with Crippen LogP contribution in [0.15, 0.2) is 60.8 Å². The predicted molar refractivity (Wildman–Crippen MR) is 328 cm³/mol. The topological polar surface area (TPSA) is 95.9 Å². The highest BCUT2D eigenvalue weighted by molar-refractivity contribution is 5.76. The van der Waals surface area contributed by atoms with Crippen molar-refractivity contribution in [1.29, 1.82) is 0 Å². The Hall–Kier alpha value is -2.44. The lowest BCUT2D eigenvalue weighted by Gasteiger charge is -2.20. The fourth-order valence-corrected chi connectivity index (χ4v) is 9.93. The van der Waals surface area contributed by atoms with Gasteiger partial charge in [-0.05, 0) is 96.3 Å². The molecular formula is C69H127NO5. The smallest absolute Gasteiger partial charge is 0.305 e. The average Bonchev–Trinajstić information content (AvgIpc) is 3.41. The van der Waals surface area contributed by atoms with Crippen molar-refractivity contribution in [2.45, 2.75) is 353 Å². The number of carbonyl (C=O) groups is 2. The summed E-state index contributed by atoms with van der Waals surface area (Å²) in [5.74, 6) is -0.0690. The lowest BCUT2D eigenvalue weighted by atomic mass is 10.0. The van der Waals surface area contributed by atoms with E-state index in [4.69, 9.17) is 4.74 Å². The number of rotatable bonds is 61. The molecule has 75 heavy (non-hydrogen) atoms. The molecule has 0 aromatic rings. The predicted octanol–water partition coefficient (Wildman–Crippen LogP) is 21.1. The molecule has 438 valence electrons. The highest BCUT2D eigenvalue weighted by Gasteiger charge is 2.18. The van der Waals surface area contributed by atoms with Gasteiger partial charge in [0.25, 0.3) is 0 Å². The molecule has 0 aliphatic rings. The Balaban J connectivity index is 3.43. The summed E-state index contributed by atoms with van der Waals surface area (Å²) in [6, 6.07) is -0.631. The van der Waals surface area contributed by atoms with Crippen LogP contribution < -0.4 is 5.32 Å². The summed E-state index contributed by atoms with van der Waals surface area (Å²) >= 11 is 0. The van der Waals surface area contributed by atoms with E-state index < -0.39 is 12.1 Å². The first-order chi connectivity index (χ1) is 37.0. The zero-order valence-electron chi connectivity index (χ0n) is 50.0. The van der Waals surface area contributed by atoms with E-state index in [1.807, 2.05) is 6.08 Å². The van der Waals surface area contributed by atoms with E-state index in [-0.39, 0.29) is 18.5 Å². The van der Waals surface area contributed by atoms with Crippen LogP contribution in [0.1, 0.15) is 341 Å². The largest absolute Gasteiger partial charge is 0.466 e. The summed E-state index contributed by atoms with van der Waals surface area (Å²) < 4.78 is 5.49. The Morgan fingerprint density at radius 3 is 1.03 bits per heavy atom.